The second-order valence-corrected chi connectivity index (χ2v) is 6.90. The van der Waals surface area contributed by atoms with Crippen molar-refractivity contribution < 1.29 is 4.79 Å². The first kappa shape index (κ1) is 16.6. The molecule has 0 saturated carbocycles. The van der Waals surface area contributed by atoms with Crippen LogP contribution in [0.4, 0.5) is 5.82 Å². The summed E-state index contributed by atoms with van der Waals surface area (Å²) in [5.74, 6) is 1.18. The van der Waals surface area contributed by atoms with Gasteiger partial charge in [-0.25, -0.2) is 9.97 Å². The number of rotatable bonds is 4. The number of aromatic amines is 1. The second-order valence-electron chi connectivity index (χ2n) is 6.90. The van der Waals surface area contributed by atoms with Gasteiger partial charge in [-0.05, 0) is 31.4 Å². The third-order valence-electron chi connectivity index (χ3n) is 5.09. The maximum absolute atomic E-state index is 12.5. The predicted molar refractivity (Wildman–Crippen MR) is 102 cm³/mol. The van der Waals surface area contributed by atoms with Gasteiger partial charge in [-0.3, -0.25) is 4.79 Å². The van der Waals surface area contributed by atoms with Crippen molar-refractivity contribution in [1.82, 2.24) is 20.3 Å². The standard InChI is InChI=1S/C20H23N5O/c1-14-2-4-15(5-3-14)12-22-20(26)16-7-10-25(11-8-16)19-17-6-9-21-18(17)23-13-24-19/h2-6,9,13,16H,7-8,10-12H2,1H3,(H,22,26)(H,21,23,24). The minimum atomic E-state index is 0.0697. The third kappa shape index (κ3) is 3.40. The molecule has 0 spiro atoms. The Morgan fingerprint density at radius 1 is 1.19 bits per heavy atom. The van der Waals surface area contributed by atoms with Crippen LogP contribution in [0.15, 0.2) is 42.9 Å². The number of H-pyrrole nitrogens is 1. The highest BCUT2D eigenvalue weighted by Crippen LogP contribution is 2.27. The number of hydrogen-bond acceptors (Lipinski definition) is 4. The van der Waals surface area contributed by atoms with E-state index in [-0.39, 0.29) is 11.8 Å². The average molecular weight is 349 g/mol. The van der Waals surface area contributed by atoms with Crippen molar-refractivity contribution in [2.75, 3.05) is 18.0 Å². The van der Waals surface area contributed by atoms with Gasteiger partial charge < -0.3 is 15.2 Å². The molecule has 0 aliphatic carbocycles. The minimum absolute atomic E-state index is 0.0697. The second kappa shape index (κ2) is 7.15. The van der Waals surface area contributed by atoms with Gasteiger partial charge in [-0.2, -0.15) is 0 Å². The van der Waals surface area contributed by atoms with Crippen molar-refractivity contribution in [2.45, 2.75) is 26.3 Å². The maximum Gasteiger partial charge on any atom is 0.223 e. The zero-order valence-corrected chi connectivity index (χ0v) is 14.9. The van der Waals surface area contributed by atoms with E-state index in [1.165, 1.54) is 5.56 Å². The number of nitrogens with one attached hydrogen (secondary N) is 2. The van der Waals surface area contributed by atoms with Gasteiger partial charge in [0.2, 0.25) is 5.91 Å². The van der Waals surface area contributed by atoms with Gasteiger partial charge in [0.05, 0.1) is 5.39 Å². The molecule has 0 unspecified atom stereocenters. The molecular formula is C20H23N5O. The summed E-state index contributed by atoms with van der Waals surface area (Å²) >= 11 is 0. The van der Waals surface area contributed by atoms with E-state index in [1.807, 2.05) is 12.3 Å². The summed E-state index contributed by atoms with van der Waals surface area (Å²) in [4.78, 5) is 26.6. The molecular weight excluding hydrogens is 326 g/mol. The molecule has 0 bridgehead atoms. The Bertz CT molecular complexity index is 894. The fourth-order valence-corrected chi connectivity index (χ4v) is 3.50. The highest BCUT2D eigenvalue weighted by atomic mass is 16.1. The van der Waals surface area contributed by atoms with E-state index in [4.69, 9.17) is 0 Å². The van der Waals surface area contributed by atoms with Crippen molar-refractivity contribution in [3.63, 3.8) is 0 Å². The Hall–Kier alpha value is -2.89. The number of carbonyl (C=O) groups excluding carboxylic acids is 1. The van der Waals surface area contributed by atoms with Gasteiger partial charge >= 0.3 is 0 Å². The molecule has 26 heavy (non-hydrogen) atoms. The Labute approximate surface area is 152 Å². The van der Waals surface area contributed by atoms with E-state index < -0.39 is 0 Å². The number of carbonyl (C=O) groups is 1. The van der Waals surface area contributed by atoms with Crippen LogP contribution in [0.2, 0.25) is 0 Å². The summed E-state index contributed by atoms with van der Waals surface area (Å²) < 4.78 is 0. The highest BCUT2D eigenvalue weighted by molar-refractivity contribution is 5.87. The number of nitrogens with zero attached hydrogens (tertiary/aromatic N) is 3. The molecule has 1 aliphatic heterocycles. The SMILES string of the molecule is Cc1ccc(CNC(=O)C2CCN(c3ncnc4[nH]ccc34)CC2)cc1. The van der Waals surface area contributed by atoms with Crippen molar-refractivity contribution >= 4 is 22.8 Å². The van der Waals surface area contributed by atoms with Gasteiger partial charge in [-0.15, -0.1) is 0 Å². The molecule has 6 nitrogen and oxygen atoms in total. The quantitative estimate of drug-likeness (QED) is 0.760. The number of amides is 1. The van der Waals surface area contributed by atoms with Crippen LogP contribution in [0.25, 0.3) is 11.0 Å². The molecule has 1 saturated heterocycles. The predicted octanol–water partition coefficient (Wildman–Crippen LogP) is 2.80. The Morgan fingerprint density at radius 3 is 2.73 bits per heavy atom. The Balaban J connectivity index is 1.33. The van der Waals surface area contributed by atoms with Gasteiger partial charge in [0.25, 0.3) is 0 Å². The summed E-state index contributed by atoms with van der Waals surface area (Å²) in [7, 11) is 0. The van der Waals surface area contributed by atoms with Gasteiger partial charge in [0.15, 0.2) is 0 Å². The van der Waals surface area contributed by atoms with E-state index in [1.54, 1.807) is 6.33 Å². The number of fused-ring (bicyclic) bond motifs is 1. The number of piperidine rings is 1. The number of aryl methyl sites for hydroxylation is 1. The monoisotopic (exact) mass is 349 g/mol. The zero-order valence-electron chi connectivity index (χ0n) is 14.9. The fraction of sp³-hybridized carbons (Fsp3) is 0.350. The third-order valence-corrected chi connectivity index (χ3v) is 5.09. The summed E-state index contributed by atoms with van der Waals surface area (Å²) in [6, 6.07) is 10.3. The molecule has 1 aromatic carbocycles. The number of hydrogen-bond donors (Lipinski definition) is 2. The molecule has 134 valence electrons. The lowest BCUT2D eigenvalue weighted by molar-refractivity contribution is -0.125. The van der Waals surface area contributed by atoms with E-state index in [0.717, 1.165) is 48.3 Å². The van der Waals surface area contributed by atoms with Crippen molar-refractivity contribution in [3.05, 3.63) is 54.0 Å². The Morgan fingerprint density at radius 2 is 1.96 bits per heavy atom. The van der Waals surface area contributed by atoms with E-state index in [9.17, 15) is 4.79 Å². The van der Waals surface area contributed by atoms with Crippen LogP contribution >= 0.6 is 0 Å². The highest BCUT2D eigenvalue weighted by Gasteiger charge is 2.26. The van der Waals surface area contributed by atoms with Crippen LogP contribution in [0.1, 0.15) is 24.0 Å². The van der Waals surface area contributed by atoms with Crippen LogP contribution in [-0.4, -0.2) is 33.9 Å². The minimum Gasteiger partial charge on any atom is -0.356 e. The van der Waals surface area contributed by atoms with Crippen molar-refractivity contribution in [3.8, 4) is 0 Å². The first-order chi connectivity index (χ1) is 12.7. The maximum atomic E-state index is 12.5. The van der Waals surface area contributed by atoms with Crippen molar-refractivity contribution in [2.24, 2.45) is 5.92 Å². The molecule has 0 atom stereocenters. The van der Waals surface area contributed by atoms with Gasteiger partial charge in [0.1, 0.15) is 17.8 Å². The lowest BCUT2D eigenvalue weighted by Gasteiger charge is -2.32. The zero-order chi connectivity index (χ0) is 17.9. The molecule has 4 rings (SSSR count). The number of benzene rings is 1. The van der Waals surface area contributed by atoms with Crippen LogP contribution in [0.5, 0.6) is 0 Å². The van der Waals surface area contributed by atoms with E-state index in [2.05, 4.69) is 56.4 Å². The van der Waals surface area contributed by atoms with E-state index in [0.29, 0.717) is 6.54 Å². The molecule has 1 fully saturated rings. The van der Waals surface area contributed by atoms with Crippen LogP contribution in [-0.2, 0) is 11.3 Å². The first-order valence-corrected chi connectivity index (χ1v) is 9.07. The molecule has 0 radical (unpaired) electrons. The summed E-state index contributed by atoms with van der Waals surface area (Å²) in [6.45, 7) is 4.32. The van der Waals surface area contributed by atoms with Gasteiger partial charge in [0, 0.05) is 31.7 Å². The van der Waals surface area contributed by atoms with Gasteiger partial charge in [-0.1, -0.05) is 29.8 Å². The summed E-state index contributed by atoms with van der Waals surface area (Å²) in [5, 5.41) is 4.12. The smallest absolute Gasteiger partial charge is 0.223 e. The van der Waals surface area contributed by atoms with E-state index >= 15 is 0 Å². The van der Waals surface area contributed by atoms with Crippen LogP contribution in [0, 0.1) is 12.8 Å². The lowest BCUT2D eigenvalue weighted by atomic mass is 9.95. The topological polar surface area (TPSA) is 73.9 Å². The normalized spacial score (nSPS) is 15.3. The molecule has 2 N–H and O–H groups in total. The summed E-state index contributed by atoms with van der Waals surface area (Å²) in [6.07, 6.45) is 5.16. The van der Waals surface area contributed by atoms with Crippen LogP contribution < -0.4 is 10.2 Å². The number of aromatic nitrogens is 3. The van der Waals surface area contributed by atoms with Crippen LogP contribution in [0.3, 0.4) is 0 Å². The molecule has 1 amide bonds. The average Bonchev–Trinajstić information content (AvgIpc) is 3.16. The van der Waals surface area contributed by atoms with Crippen molar-refractivity contribution in [1.29, 1.82) is 0 Å². The molecule has 3 aromatic rings. The molecule has 2 aromatic heterocycles. The lowest BCUT2D eigenvalue weighted by Crippen LogP contribution is -2.40. The first-order valence-electron chi connectivity index (χ1n) is 9.07. The fourth-order valence-electron chi connectivity index (χ4n) is 3.50. The Kier molecular flexibility index (Phi) is 4.56. The largest absolute Gasteiger partial charge is 0.356 e. The molecule has 6 heteroatoms. The molecule has 1 aliphatic rings. The molecule has 3 heterocycles. The number of anilines is 1. The summed E-state index contributed by atoms with van der Waals surface area (Å²) in [5.41, 5.74) is 3.22.